The number of halogens is 1. The van der Waals surface area contributed by atoms with Crippen LogP contribution in [0, 0.1) is 0 Å². The molecule has 1 aliphatic heterocycles. The van der Waals surface area contributed by atoms with E-state index in [1.54, 1.807) is 18.2 Å². The smallest absolute Gasteiger partial charge is 0.415 e. The van der Waals surface area contributed by atoms with Gasteiger partial charge in [0.05, 0.1) is 31.0 Å². The fourth-order valence-corrected chi connectivity index (χ4v) is 6.13. The molecule has 1 fully saturated rings. The molecule has 254 valence electrons. The SMILES string of the molecule is COc1cc(CNC(=O)[C@@H]2CN(C(=O)Oc3ccc4ccccc4c3Cl)CCN2C(=O)[C@H](N)CCCCNS(C)(=O)=O)ccc1CN. The van der Waals surface area contributed by atoms with E-state index in [-0.39, 0.29) is 49.9 Å². The molecule has 0 unspecified atom stereocenters. The fraction of sp³-hybridized carbons (Fsp3) is 0.406. The molecule has 3 aromatic rings. The van der Waals surface area contributed by atoms with E-state index in [2.05, 4.69) is 10.0 Å². The largest absolute Gasteiger partial charge is 0.496 e. The molecular weight excluding hydrogens is 648 g/mol. The van der Waals surface area contributed by atoms with Crippen molar-refractivity contribution in [2.75, 3.05) is 39.5 Å². The summed E-state index contributed by atoms with van der Waals surface area (Å²) in [6.45, 7) is 0.656. The Morgan fingerprint density at radius 2 is 1.83 bits per heavy atom. The van der Waals surface area contributed by atoms with Crippen molar-refractivity contribution in [1.29, 1.82) is 0 Å². The highest BCUT2D eigenvalue weighted by Crippen LogP contribution is 2.33. The van der Waals surface area contributed by atoms with E-state index in [1.807, 2.05) is 36.4 Å². The number of piperazine rings is 1. The number of ether oxygens (including phenoxy) is 2. The lowest BCUT2D eigenvalue weighted by Gasteiger charge is -2.41. The molecule has 0 aromatic heterocycles. The summed E-state index contributed by atoms with van der Waals surface area (Å²) in [6.07, 6.45) is 1.63. The van der Waals surface area contributed by atoms with Crippen LogP contribution in [0.3, 0.4) is 0 Å². The average molecular weight is 689 g/mol. The summed E-state index contributed by atoms with van der Waals surface area (Å²) in [5.74, 6) is -0.156. The fourth-order valence-electron chi connectivity index (χ4n) is 5.35. The molecule has 1 aliphatic rings. The van der Waals surface area contributed by atoms with Crippen molar-refractivity contribution < 1.29 is 32.3 Å². The Morgan fingerprint density at radius 3 is 2.55 bits per heavy atom. The first-order chi connectivity index (χ1) is 22.4. The Kier molecular flexibility index (Phi) is 12.4. The normalized spacial score (nSPS) is 15.7. The van der Waals surface area contributed by atoms with Gasteiger partial charge in [-0.1, -0.05) is 60.5 Å². The zero-order valence-corrected chi connectivity index (χ0v) is 28.0. The number of carbonyl (C=O) groups is 3. The lowest BCUT2D eigenvalue weighted by atomic mass is 10.1. The zero-order valence-electron chi connectivity index (χ0n) is 26.4. The Bertz CT molecular complexity index is 1710. The predicted octanol–water partition coefficient (Wildman–Crippen LogP) is 2.34. The number of unbranched alkanes of at least 4 members (excludes halogenated alkanes) is 1. The molecule has 47 heavy (non-hydrogen) atoms. The molecule has 1 heterocycles. The van der Waals surface area contributed by atoms with Gasteiger partial charge in [0, 0.05) is 43.7 Å². The van der Waals surface area contributed by atoms with Crippen LogP contribution in [-0.4, -0.2) is 87.8 Å². The van der Waals surface area contributed by atoms with Gasteiger partial charge in [0.25, 0.3) is 0 Å². The van der Waals surface area contributed by atoms with Crippen LogP contribution in [-0.2, 0) is 32.7 Å². The van der Waals surface area contributed by atoms with E-state index in [0.29, 0.717) is 25.1 Å². The number of sulfonamides is 1. The molecule has 0 spiro atoms. The van der Waals surface area contributed by atoms with E-state index in [4.69, 9.17) is 32.5 Å². The Labute approximate surface area is 279 Å². The van der Waals surface area contributed by atoms with Crippen molar-refractivity contribution >= 4 is 50.3 Å². The molecule has 0 aliphatic carbocycles. The van der Waals surface area contributed by atoms with Crippen molar-refractivity contribution in [1.82, 2.24) is 19.8 Å². The number of rotatable bonds is 13. The van der Waals surface area contributed by atoms with Gasteiger partial charge in [-0.3, -0.25) is 9.59 Å². The first-order valence-corrected chi connectivity index (χ1v) is 17.5. The summed E-state index contributed by atoms with van der Waals surface area (Å²) < 4.78 is 36.1. The van der Waals surface area contributed by atoms with Crippen LogP contribution in [0.25, 0.3) is 10.8 Å². The van der Waals surface area contributed by atoms with Crippen molar-refractivity contribution in [2.24, 2.45) is 11.5 Å². The summed E-state index contributed by atoms with van der Waals surface area (Å²) in [5.41, 5.74) is 13.6. The predicted molar refractivity (Wildman–Crippen MR) is 179 cm³/mol. The van der Waals surface area contributed by atoms with E-state index >= 15 is 0 Å². The highest BCUT2D eigenvalue weighted by atomic mass is 35.5. The zero-order chi connectivity index (χ0) is 34.1. The quantitative estimate of drug-likeness (QED) is 0.196. The van der Waals surface area contributed by atoms with Crippen LogP contribution >= 0.6 is 11.6 Å². The maximum absolute atomic E-state index is 13.6. The molecule has 3 aromatic carbocycles. The van der Waals surface area contributed by atoms with E-state index < -0.39 is 40.0 Å². The Hall–Kier alpha value is -3.95. The lowest BCUT2D eigenvalue weighted by molar-refractivity contribution is -0.144. The third kappa shape index (κ3) is 9.55. The highest BCUT2D eigenvalue weighted by molar-refractivity contribution is 7.88. The molecular formula is C32H41ClN6O7S. The summed E-state index contributed by atoms with van der Waals surface area (Å²) in [7, 11) is -1.78. The van der Waals surface area contributed by atoms with Crippen molar-refractivity contribution in [2.45, 2.75) is 44.4 Å². The molecule has 0 radical (unpaired) electrons. The van der Waals surface area contributed by atoms with Crippen LogP contribution in [0.5, 0.6) is 11.5 Å². The number of nitrogens with zero attached hydrogens (tertiary/aromatic N) is 2. The second kappa shape index (κ2) is 16.2. The van der Waals surface area contributed by atoms with Crippen LogP contribution in [0.15, 0.2) is 54.6 Å². The maximum Gasteiger partial charge on any atom is 0.415 e. The lowest BCUT2D eigenvalue weighted by Crippen LogP contribution is -2.64. The molecule has 4 rings (SSSR count). The van der Waals surface area contributed by atoms with Gasteiger partial charge in [-0.15, -0.1) is 0 Å². The third-order valence-corrected chi connectivity index (χ3v) is 9.03. The van der Waals surface area contributed by atoms with Crippen molar-refractivity contribution in [3.05, 3.63) is 70.7 Å². The van der Waals surface area contributed by atoms with Crippen LogP contribution in [0.2, 0.25) is 5.02 Å². The molecule has 13 nitrogen and oxygen atoms in total. The number of hydrogen-bond acceptors (Lipinski definition) is 9. The van der Waals surface area contributed by atoms with Gasteiger partial charge >= 0.3 is 6.09 Å². The van der Waals surface area contributed by atoms with Crippen LogP contribution in [0.1, 0.15) is 30.4 Å². The average Bonchev–Trinajstić information content (AvgIpc) is 3.06. The molecule has 3 amide bonds. The van der Waals surface area contributed by atoms with Gasteiger partial charge in [-0.25, -0.2) is 17.9 Å². The first-order valence-electron chi connectivity index (χ1n) is 15.2. The number of methoxy groups -OCH3 is 1. The van der Waals surface area contributed by atoms with Crippen LogP contribution in [0.4, 0.5) is 4.79 Å². The summed E-state index contributed by atoms with van der Waals surface area (Å²) in [6, 6.07) is 14.3. The maximum atomic E-state index is 13.6. The minimum absolute atomic E-state index is 0.0415. The minimum Gasteiger partial charge on any atom is -0.496 e. The number of hydrogen-bond donors (Lipinski definition) is 4. The van der Waals surface area contributed by atoms with Gasteiger partial charge < -0.3 is 36.1 Å². The standard InChI is InChI=1S/C32H41ClN6O7S/c1-45-28-17-21(10-11-23(28)18-34)19-36-30(40)26-20-38(32(42)46-27-13-12-22-7-3-4-8-24(22)29(27)33)15-16-39(26)31(41)25(35)9-5-6-14-37-47(2,43)44/h3-4,7-8,10-13,17,25-26,37H,5-6,9,14-16,18-20,34-35H2,1-2H3,(H,36,40)/t25-,26+/m1/s1. The van der Waals surface area contributed by atoms with Crippen molar-refractivity contribution in [3.63, 3.8) is 0 Å². The number of benzene rings is 3. The van der Waals surface area contributed by atoms with Gasteiger partial charge in [-0.2, -0.15) is 0 Å². The summed E-state index contributed by atoms with van der Waals surface area (Å²) in [5, 5.41) is 4.77. The monoisotopic (exact) mass is 688 g/mol. The number of carbonyl (C=O) groups excluding carboxylic acids is 3. The first kappa shape index (κ1) is 35.9. The minimum atomic E-state index is -3.32. The number of amides is 3. The van der Waals surface area contributed by atoms with Gasteiger partial charge in [0.1, 0.15) is 11.8 Å². The molecule has 0 saturated carbocycles. The number of nitrogens with one attached hydrogen (secondary N) is 2. The van der Waals surface area contributed by atoms with E-state index in [9.17, 15) is 22.8 Å². The van der Waals surface area contributed by atoms with Crippen molar-refractivity contribution in [3.8, 4) is 11.5 Å². The van der Waals surface area contributed by atoms with E-state index in [0.717, 1.165) is 28.2 Å². The van der Waals surface area contributed by atoms with Gasteiger partial charge in [-0.05, 0) is 35.9 Å². The number of fused-ring (bicyclic) bond motifs is 1. The number of nitrogens with two attached hydrogens (primary N) is 2. The molecule has 15 heteroatoms. The third-order valence-electron chi connectivity index (χ3n) is 7.91. The molecule has 0 bridgehead atoms. The van der Waals surface area contributed by atoms with Crippen LogP contribution < -0.4 is 31.0 Å². The molecule has 1 saturated heterocycles. The van der Waals surface area contributed by atoms with Gasteiger partial charge in [0.15, 0.2) is 5.75 Å². The van der Waals surface area contributed by atoms with E-state index in [1.165, 1.54) is 16.9 Å². The topological polar surface area (TPSA) is 186 Å². The Morgan fingerprint density at radius 1 is 1.06 bits per heavy atom. The Balaban J connectivity index is 1.47. The summed E-state index contributed by atoms with van der Waals surface area (Å²) >= 11 is 6.55. The second-order valence-electron chi connectivity index (χ2n) is 11.3. The highest BCUT2D eigenvalue weighted by Gasteiger charge is 2.39. The molecule has 6 N–H and O–H groups in total. The molecule has 2 atom stereocenters. The second-order valence-corrected chi connectivity index (χ2v) is 13.5. The van der Waals surface area contributed by atoms with Gasteiger partial charge in [0.2, 0.25) is 21.8 Å². The summed E-state index contributed by atoms with van der Waals surface area (Å²) in [4.78, 5) is 43.3.